The molecule has 2 bridgehead atoms. The van der Waals surface area contributed by atoms with Gasteiger partial charge in [-0.25, -0.2) is 0 Å². The van der Waals surface area contributed by atoms with Crippen LogP contribution in [0.15, 0.2) is 72.8 Å². The molecule has 4 atom stereocenters. The van der Waals surface area contributed by atoms with Gasteiger partial charge in [-0.1, -0.05) is 24.3 Å². The zero-order valence-electron chi connectivity index (χ0n) is 17.9. The number of hydrogen-bond donors (Lipinski definition) is 6. The smallest absolute Gasteiger partial charge is 0.123 e. The maximum Gasteiger partial charge on any atom is 0.123 e. The lowest BCUT2D eigenvalue weighted by atomic mass is 9.63. The molecule has 3 unspecified atom stereocenters. The quantitative estimate of drug-likeness (QED) is 0.251. The maximum absolute atomic E-state index is 11.0. The molecule has 4 aromatic carbocycles. The van der Waals surface area contributed by atoms with E-state index in [1.807, 2.05) is 12.1 Å². The van der Waals surface area contributed by atoms with Crippen molar-refractivity contribution in [2.24, 2.45) is 0 Å². The van der Waals surface area contributed by atoms with Gasteiger partial charge in [-0.3, -0.25) is 0 Å². The average Bonchev–Trinajstić information content (AvgIpc) is 3.05. The van der Waals surface area contributed by atoms with E-state index in [0.717, 1.165) is 16.7 Å². The molecule has 6 rings (SSSR count). The zero-order valence-corrected chi connectivity index (χ0v) is 17.9. The molecule has 2 aliphatic carbocycles. The molecule has 0 saturated heterocycles. The molecule has 170 valence electrons. The Morgan fingerprint density at radius 1 is 0.412 bits per heavy atom. The summed E-state index contributed by atoms with van der Waals surface area (Å²) in [6, 6.07) is 19.6. The normalized spacial score (nSPS) is 22.2. The molecule has 0 aliphatic heterocycles. The number of rotatable bonds is 2. The fourth-order valence-corrected chi connectivity index (χ4v) is 6.15. The van der Waals surface area contributed by atoms with Gasteiger partial charge in [-0.05, 0) is 58.7 Å². The Hall–Kier alpha value is -4.32. The number of fused-ring (bicyclic) bond motifs is 7. The van der Waals surface area contributed by atoms with Crippen LogP contribution in [0.2, 0.25) is 0 Å². The Bertz CT molecular complexity index is 1430. The molecular weight excluding hydrogens is 432 g/mol. The van der Waals surface area contributed by atoms with Crippen LogP contribution in [0, 0.1) is 0 Å². The first-order chi connectivity index (χ1) is 16.3. The Morgan fingerprint density at radius 3 is 1.44 bits per heavy atom. The summed E-state index contributed by atoms with van der Waals surface area (Å²) in [6.07, 6.45) is 0. The second kappa shape index (κ2) is 7.09. The lowest BCUT2D eigenvalue weighted by Crippen LogP contribution is -2.26. The van der Waals surface area contributed by atoms with E-state index in [0.29, 0.717) is 16.7 Å². The highest BCUT2D eigenvalue weighted by molar-refractivity contribution is 5.68. The van der Waals surface area contributed by atoms with Gasteiger partial charge in [0.25, 0.3) is 0 Å². The number of phenolic OH excluding ortho intramolecular Hbond substituents is 6. The molecule has 6 nitrogen and oxygen atoms in total. The SMILES string of the molecule is Oc1ccc(C2C3c4cc(O)cc(O)c4[C@H](c4ccc(O)cc4)C2c2cc(O)cc(O)c23)cc1. The van der Waals surface area contributed by atoms with E-state index in [2.05, 4.69) is 0 Å². The standard InChI is InChI=1S/C28H22O6/c29-15-5-1-13(2-6-15)23-25-19(9-17(31)11-21(25)33)28-24(14-3-7-16(30)8-4-14)27(23)20-10-18(32)12-22(34)26(20)28/h1-12,23-24,27-34H/t23-,24?,27?,28?/m0/s1. The minimum absolute atomic E-state index is 0.0496. The first kappa shape index (κ1) is 20.3. The highest BCUT2D eigenvalue weighted by Gasteiger charge is 2.53. The number of hydrogen-bond acceptors (Lipinski definition) is 6. The van der Waals surface area contributed by atoms with Gasteiger partial charge in [0.15, 0.2) is 0 Å². The Labute approximate surface area is 195 Å². The van der Waals surface area contributed by atoms with Crippen LogP contribution >= 0.6 is 0 Å². The van der Waals surface area contributed by atoms with E-state index in [9.17, 15) is 30.6 Å². The highest BCUT2D eigenvalue weighted by Crippen LogP contribution is 2.68. The summed E-state index contributed by atoms with van der Waals surface area (Å²) >= 11 is 0. The Balaban J connectivity index is 1.72. The van der Waals surface area contributed by atoms with Crippen LogP contribution in [0.25, 0.3) is 0 Å². The molecule has 0 fully saturated rings. The zero-order chi connectivity index (χ0) is 23.7. The molecular formula is C28H22O6. The van der Waals surface area contributed by atoms with E-state index < -0.39 is 11.8 Å². The van der Waals surface area contributed by atoms with Crippen molar-refractivity contribution in [1.82, 2.24) is 0 Å². The molecule has 6 heteroatoms. The van der Waals surface area contributed by atoms with Gasteiger partial charge in [-0.2, -0.15) is 0 Å². The van der Waals surface area contributed by atoms with Crippen molar-refractivity contribution in [3.8, 4) is 34.5 Å². The third kappa shape index (κ3) is 2.81. The lowest BCUT2D eigenvalue weighted by molar-refractivity contribution is 0.406. The van der Waals surface area contributed by atoms with Crippen LogP contribution in [-0.4, -0.2) is 30.6 Å². The largest absolute Gasteiger partial charge is 0.508 e. The van der Waals surface area contributed by atoms with Crippen molar-refractivity contribution in [2.75, 3.05) is 0 Å². The second-order valence-corrected chi connectivity index (χ2v) is 9.13. The number of benzene rings is 4. The fraction of sp³-hybridized carbons (Fsp3) is 0.143. The first-order valence-electron chi connectivity index (χ1n) is 11.0. The highest BCUT2D eigenvalue weighted by atomic mass is 16.3. The molecule has 2 aliphatic rings. The summed E-state index contributed by atoms with van der Waals surface area (Å²) in [5.74, 6) is -1.29. The summed E-state index contributed by atoms with van der Waals surface area (Å²) in [6.45, 7) is 0. The Morgan fingerprint density at radius 2 is 0.882 bits per heavy atom. The van der Waals surface area contributed by atoms with Crippen LogP contribution in [0.4, 0.5) is 0 Å². The van der Waals surface area contributed by atoms with E-state index in [1.54, 1.807) is 48.5 Å². The summed E-state index contributed by atoms with van der Waals surface area (Å²) < 4.78 is 0. The predicted molar refractivity (Wildman–Crippen MR) is 125 cm³/mol. The van der Waals surface area contributed by atoms with Crippen molar-refractivity contribution < 1.29 is 30.6 Å². The van der Waals surface area contributed by atoms with Gasteiger partial charge in [0, 0.05) is 46.9 Å². The summed E-state index contributed by atoms with van der Waals surface area (Å²) in [4.78, 5) is 0. The lowest BCUT2D eigenvalue weighted by Gasteiger charge is -2.40. The molecule has 0 aromatic heterocycles. The van der Waals surface area contributed by atoms with E-state index in [4.69, 9.17) is 0 Å². The van der Waals surface area contributed by atoms with Crippen molar-refractivity contribution >= 4 is 0 Å². The predicted octanol–water partition coefficient (Wildman–Crippen LogP) is 5.08. The molecule has 34 heavy (non-hydrogen) atoms. The number of phenols is 6. The molecule has 0 heterocycles. The van der Waals surface area contributed by atoms with Gasteiger partial charge in [0.2, 0.25) is 0 Å². The average molecular weight is 454 g/mol. The summed E-state index contributed by atoms with van der Waals surface area (Å²) in [7, 11) is 0. The molecule has 0 amide bonds. The minimum atomic E-state index is -0.397. The van der Waals surface area contributed by atoms with Crippen molar-refractivity contribution in [3.63, 3.8) is 0 Å². The molecule has 4 aromatic rings. The minimum Gasteiger partial charge on any atom is -0.508 e. The number of aromatic hydroxyl groups is 6. The van der Waals surface area contributed by atoms with Gasteiger partial charge >= 0.3 is 0 Å². The van der Waals surface area contributed by atoms with Crippen molar-refractivity contribution in [3.05, 3.63) is 106 Å². The summed E-state index contributed by atoms with van der Waals surface area (Å²) in [5, 5.41) is 62.6. The van der Waals surface area contributed by atoms with Gasteiger partial charge in [0.05, 0.1) is 0 Å². The second-order valence-electron chi connectivity index (χ2n) is 9.13. The monoisotopic (exact) mass is 454 g/mol. The van der Waals surface area contributed by atoms with Crippen LogP contribution in [0.5, 0.6) is 34.5 Å². The van der Waals surface area contributed by atoms with E-state index in [1.165, 1.54) is 12.1 Å². The fourth-order valence-electron chi connectivity index (χ4n) is 6.15. The van der Waals surface area contributed by atoms with Crippen molar-refractivity contribution in [1.29, 1.82) is 0 Å². The summed E-state index contributed by atoms with van der Waals surface area (Å²) in [5.41, 5.74) is 4.48. The van der Waals surface area contributed by atoms with Gasteiger partial charge < -0.3 is 30.6 Å². The van der Waals surface area contributed by atoms with Gasteiger partial charge in [-0.15, -0.1) is 0 Å². The van der Waals surface area contributed by atoms with Crippen LogP contribution in [0.1, 0.15) is 57.1 Å². The van der Waals surface area contributed by atoms with Gasteiger partial charge in [0.1, 0.15) is 34.5 Å². The molecule has 0 radical (unpaired) electrons. The Kier molecular flexibility index (Phi) is 4.23. The van der Waals surface area contributed by atoms with Crippen LogP contribution in [-0.2, 0) is 0 Å². The topological polar surface area (TPSA) is 121 Å². The first-order valence-corrected chi connectivity index (χ1v) is 11.0. The van der Waals surface area contributed by atoms with E-state index >= 15 is 0 Å². The maximum atomic E-state index is 11.0. The third-order valence-corrected chi connectivity index (χ3v) is 7.30. The van der Waals surface area contributed by atoms with Crippen LogP contribution in [0.3, 0.4) is 0 Å². The van der Waals surface area contributed by atoms with Crippen molar-refractivity contribution in [2.45, 2.75) is 23.7 Å². The third-order valence-electron chi connectivity index (χ3n) is 7.30. The van der Waals surface area contributed by atoms with E-state index in [-0.39, 0.29) is 46.3 Å². The molecule has 6 N–H and O–H groups in total. The van der Waals surface area contributed by atoms with Crippen LogP contribution < -0.4 is 0 Å². The molecule has 0 spiro atoms. The molecule has 0 saturated carbocycles.